The van der Waals surface area contributed by atoms with Gasteiger partial charge in [-0.3, -0.25) is 4.79 Å². The molecule has 1 N–H and O–H groups in total. The molecule has 1 aromatic carbocycles. The molecule has 0 fully saturated rings. The van der Waals surface area contributed by atoms with Crippen LogP contribution in [0.15, 0.2) is 18.5 Å². The first-order chi connectivity index (χ1) is 6.74. The topological polar surface area (TPSA) is 55.0 Å². The summed E-state index contributed by atoms with van der Waals surface area (Å²) in [6.07, 6.45) is 1.50. The number of halogens is 1. The number of H-pyrrole nitrogens is 1. The Balaban J connectivity index is 2.78. The first-order valence-electron chi connectivity index (χ1n) is 3.94. The van der Waals surface area contributed by atoms with Gasteiger partial charge in [0.05, 0.1) is 19.0 Å². The van der Waals surface area contributed by atoms with Crippen LogP contribution in [0, 0.1) is 0 Å². The van der Waals surface area contributed by atoms with Gasteiger partial charge in [-0.25, -0.2) is 4.98 Å². The molecular formula is C9H7ClN2O2. The SMILES string of the molecule is COc1ccc(C(=O)Cl)c2nc[nH]c12. The first kappa shape index (κ1) is 9.02. The Morgan fingerprint density at radius 3 is 3.00 bits per heavy atom. The van der Waals surface area contributed by atoms with Crippen molar-refractivity contribution >= 4 is 27.9 Å². The standard InChI is InChI=1S/C9H7ClN2O2/c1-14-6-3-2-5(9(10)13)7-8(6)12-4-11-7/h2-4H,1H3,(H,11,12). The van der Waals surface area contributed by atoms with Gasteiger partial charge in [-0.1, -0.05) is 0 Å². The number of fused-ring (bicyclic) bond motifs is 1. The molecule has 1 heterocycles. The highest BCUT2D eigenvalue weighted by Gasteiger charge is 2.12. The van der Waals surface area contributed by atoms with E-state index in [1.54, 1.807) is 19.2 Å². The van der Waals surface area contributed by atoms with Crippen molar-refractivity contribution < 1.29 is 9.53 Å². The average Bonchev–Trinajstić information content (AvgIpc) is 2.64. The number of aromatic nitrogens is 2. The van der Waals surface area contributed by atoms with E-state index in [0.717, 1.165) is 0 Å². The summed E-state index contributed by atoms with van der Waals surface area (Å²) in [5.41, 5.74) is 1.59. The van der Waals surface area contributed by atoms with E-state index < -0.39 is 5.24 Å². The lowest BCUT2D eigenvalue weighted by molar-refractivity contribution is 0.108. The smallest absolute Gasteiger partial charge is 0.254 e. The Hall–Kier alpha value is -1.55. The highest BCUT2D eigenvalue weighted by atomic mass is 35.5. The summed E-state index contributed by atoms with van der Waals surface area (Å²) in [6, 6.07) is 3.27. The molecule has 0 saturated carbocycles. The van der Waals surface area contributed by atoms with Crippen molar-refractivity contribution in [2.24, 2.45) is 0 Å². The van der Waals surface area contributed by atoms with Gasteiger partial charge in [0.25, 0.3) is 5.24 Å². The molecule has 72 valence electrons. The number of carbonyl (C=O) groups is 1. The fourth-order valence-electron chi connectivity index (χ4n) is 1.34. The number of aromatic amines is 1. The molecule has 0 amide bonds. The van der Waals surface area contributed by atoms with E-state index >= 15 is 0 Å². The van der Waals surface area contributed by atoms with Crippen LogP contribution in [0.1, 0.15) is 10.4 Å². The van der Waals surface area contributed by atoms with Gasteiger partial charge < -0.3 is 9.72 Å². The number of methoxy groups -OCH3 is 1. The van der Waals surface area contributed by atoms with Crippen LogP contribution in [-0.4, -0.2) is 22.3 Å². The van der Waals surface area contributed by atoms with Crippen molar-refractivity contribution in [3.8, 4) is 5.75 Å². The molecular weight excluding hydrogens is 204 g/mol. The molecule has 0 spiro atoms. The molecule has 0 bridgehead atoms. The molecule has 0 aliphatic heterocycles. The van der Waals surface area contributed by atoms with Crippen molar-refractivity contribution in [1.82, 2.24) is 9.97 Å². The maximum atomic E-state index is 11.0. The van der Waals surface area contributed by atoms with Crippen LogP contribution in [0.5, 0.6) is 5.75 Å². The van der Waals surface area contributed by atoms with Crippen LogP contribution in [0.25, 0.3) is 11.0 Å². The maximum absolute atomic E-state index is 11.0. The molecule has 0 saturated heterocycles. The fraction of sp³-hybridized carbons (Fsp3) is 0.111. The lowest BCUT2D eigenvalue weighted by atomic mass is 10.2. The summed E-state index contributed by atoms with van der Waals surface area (Å²) < 4.78 is 5.09. The molecule has 0 aliphatic rings. The summed E-state index contributed by atoms with van der Waals surface area (Å²) in [6.45, 7) is 0. The highest BCUT2D eigenvalue weighted by molar-refractivity contribution is 6.68. The molecule has 1 aromatic heterocycles. The van der Waals surface area contributed by atoms with E-state index in [9.17, 15) is 4.79 Å². The summed E-state index contributed by atoms with van der Waals surface area (Å²) in [5.74, 6) is 0.638. The van der Waals surface area contributed by atoms with Gasteiger partial charge in [-0.2, -0.15) is 0 Å². The molecule has 2 rings (SSSR count). The largest absolute Gasteiger partial charge is 0.494 e. The monoisotopic (exact) mass is 210 g/mol. The quantitative estimate of drug-likeness (QED) is 0.771. The number of benzene rings is 1. The third-order valence-electron chi connectivity index (χ3n) is 1.97. The highest BCUT2D eigenvalue weighted by Crippen LogP contribution is 2.26. The predicted octanol–water partition coefficient (Wildman–Crippen LogP) is 1.95. The Bertz CT molecular complexity index is 493. The Kier molecular flexibility index (Phi) is 2.13. The van der Waals surface area contributed by atoms with E-state index in [0.29, 0.717) is 22.3 Å². The van der Waals surface area contributed by atoms with Gasteiger partial charge in [0.1, 0.15) is 16.8 Å². The molecule has 0 unspecified atom stereocenters. The number of ether oxygens (including phenoxy) is 1. The van der Waals surface area contributed by atoms with E-state index in [1.165, 1.54) is 6.33 Å². The maximum Gasteiger partial charge on any atom is 0.254 e. The lowest BCUT2D eigenvalue weighted by Gasteiger charge is -2.02. The van der Waals surface area contributed by atoms with Crippen molar-refractivity contribution in [2.75, 3.05) is 7.11 Å². The van der Waals surface area contributed by atoms with Crippen molar-refractivity contribution in [2.45, 2.75) is 0 Å². The number of carbonyl (C=O) groups excluding carboxylic acids is 1. The number of imidazole rings is 1. The molecule has 4 nitrogen and oxygen atoms in total. The van der Waals surface area contributed by atoms with Crippen molar-refractivity contribution in [3.63, 3.8) is 0 Å². The van der Waals surface area contributed by atoms with Gasteiger partial charge in [0.15, 0.2) is 0 Å². The van der Waals surface area contributed by atoms with Crippen LogP contribution >= 0.6 is 11.6 Å². The third kappa shape index (κ3) is 1.24. The Morgan fingerprint density at radius 2 is 2.36 bits per heavy atom. The van der Waals surface area contributed by atoms with Crippen LogP contribution in [0.4, 0.5) is 0 Å². The Morgan fingerprint density at radius 1 is 1.57 bits per heavy atom. The molecule has 5 heteroatoms. The fourth-order valence-corrected chi connectivity index (χ4v) is 1.49. The predicted molar refractivity (Wildman–Crippen MR) is 52.8 cm³/mol. The van der Waals surface area contributed by atoms with Gasteiger partial charge in [0, 0.05) is 0 Å². The molecule has 0 radical (unpaired) electrons. The van der Waals surface area contributed by atoms with E-state index in [1.807, 2.05) is 0 Å². The van der Waals surface area contributed by atoms with E-state index in [4.69, 9.17) is 16.3 Å². The summed E-state index contributed by atoms with van der Waals surface area (Å²) in [4.78, 5) is 17.9. The number of rotatable bonds is 2. The number of nitrogens with one attached hydrogen (secondary N) is 1. The number of hydrogen-bond donors (Lipinski definition) is 1. The third-order valence-corrected chi connectivity index (χ3v) is 2.18. The average molecular weight is 211 g/mol. The van der Waals surface area contributed by atoms with Crippen molar-refractivity contribution in [3.05, 3.63) is 24.0 Å². The van der Waals surface area contributed by atoms with Crippen molar-refractivity contribution in [1.29, 1.82) is 0 Å². The van der Waals surface area contributed by atoms with E-state index in [2.05, 4.69) is 9.97 Å². The molecule has 2 aromatic rings. The minimum Gasteiger partial charge on any atom is -0.494 e. The van der Waals surface area contributed by atoms with Crippen LogP contribution < -0.4 is 4.74 Å². The van der Waals surface area contributed by atoms with Gasteiger partial charge in [0.2, 0.25) is 0 Å². The van der Waals surface area contributed by atoms with Gasteiger partial charge in [-0.05, 0) is 23.7 Å². The molecule has 0 atom stereocenters. The second kappa shape index (κ2) is 3.31. The first-order valence-corrected chi connectivity index (χ1v) is 4.31. The minimum absolute atomic E-state index is 0.378. The zero-order valence-electron chi connectivity index (χ0n) is 7.37. The Labute approximate surface area is 84.9 Å². The summed E-state index contributed by atoms with van der Waals surface area (Å²) in [5, 5.41) is -0.523. The van der Waals surface area contributed by atoms with Gasteiger partial charge in [-0.15, -0.1) is 0 Å². The van der Waals surface area contributed by atoms with Crippen LogP contribution in [0.3, 0.4) is 0 Å². The summed E-state index contributed by atoms with van der Waals surface area (Å²) in [7, 11) is 1.55. The minimum atomic E-state index is -0.523. The zero-order valence-corrected chi connectivity index (χ0v) is 8.13. The van der Waals surface area contributed by atoms with E-state index in [-0.39, 0.29) is 0 Å². The van der Waals surface area contributed by atoms with Crippen LogP contribution in [0.2, 0.25) is 0 Å². The zero-order chi connectivity index (χ0) is 10.1. The molecule has 14 heavy (non-hydrogen) atoms. The number of hydrogen-bond acceptors (Lipinski definition) is 3. The van der Waals surface area contributed by atoms with Crippen LogP contribution in [-0.2, 0) is 0 Å². The normalized spacial score (nSPS) is 10.4. The lowest BCUT2D eigenvalue weighted by Crippen LogP contribution is -1.92. The summed E-state index contributed by atoms with van der Waals surface area (Å²) >= 11 is 5.40. The second-order valence-corrected chi connectivity index (χ2v) is 3.06. The second-order valence-electron chi connectivity index (χ2n) is 2.72. The van der Waals surface area contributed by atoms with Gasteiger partial charge >= 0.3 is 0 Å². The molecule has 0 aliphatic carbocycles. The number of nitrogens with zero attached hydrogens (tertiary/aromatic N) is 1.